The first-order valence-corrected chi connectivity index (χ1v) is 5.71. The summed E-state index contributed by atoms with van der Waals surface area (Å²) in [5, 5.41) is 7.25. The first kappa shape index (κ1) is 9.22. The lowest BCUT2D eigenvalue weighted by Crippen LogP contribution is -2.53. The average Bonchev–Trinajstić information content (AvgIpc) is 2.58. The van der Waals surface area contributed by atoms with E-state index in [1.165, 1.54) is 11.3 Å². The number of anilines is 1. The highest BCUT2D eigenvalue weighted by molar-refractivity contribution is 5.65. The monoisotopic (exact) mass is 202 g/mol. The zero-order valence-corrected chi connectivity index (χ0v) is 9.59. The molecule has 1 fully saturated rings. The average molecular weight is 202 g/mol. The molecule has 1 aromatic carbocycles. The zero-order valence-electron chi connectivity index (χ0n) is 9.59. The second-order valence-electron chi connectivity index (χ2n) is 5.28. The Hall–Kier alpha value is -1.02. The summed E-state index contributed by atoms with van der Waals surface area (Å²) in [6.07, 6.45) is 0. The highest BCUT2D eigenvalue weighted by atomic mass is 15.3. The van der Waals surface area contributed by atoms with Crippen molar-refractivity contribution in [2.45, 2.75) is 31.8 Å². The van der Waals surface area contributed by atoms with Crippen molar-refractivity contribution in [3.05, 3.63) is 29.8 Å². The molecule has 3 unspecified atom stereocenters. The van der Waals surface area contributed by atoms with Gasteiger partial charge < -0.3 is 5.32 Å². The summed E-state index contributed by atoms with van der Waals surface area (Å²) in [6, 6.07) is 8.68. The van der Waals surface area contributed by atoms with E-state index in [1.54, 1.807) is 0 Å². The van der Waals surface area contributed by atoms with Crippen LogP contribution < -0.4 is 10.6 Å². The SMILES string of the molecule is CC1CNC2(C)Nc3ccccc3C12C. The van der Waals surface area contributed by atoms with Crippen molar-refractivity contribution < 1.29 is 0 Å². The summed E-state index contributed by atoms with van der Waals surface area (Å²) >= 11 is 0. The Morgan fingerprint density at radius 3 is 2.80 bits per heavy atom. The molecule has 2 N–H and O–H groups in total. The van der Waals surface area contributed by atoms with Crippen LogP contribution in [0.5, 0.6) is 0 Å². The molecule has 2 nitrogen and oxygen atoms in total. The lowest BCUT2D eigenvalue weighted by atomic mass is 9.70. The van der Waals surface area contributed by atoms with Crippen LogP contribution >= 0.6 is 0 Å². The number of fused-ring (bicyclic) bond motifs is 3. The van der Waals surface area contributed by atoms with Crippen LogP contribution in [0.4, 0.5) is 5.69 Å². The molecule has 0 saturated carbocycles. The van der Waals surface area contributed by atoms with Crippen LogP contribution in [0.25, 0.3) is 0 Å². The van der Waals surface area contributed by atoms with E-state index in [1.807, 2.05) is 0 Å². The Morgan fingerprint density at radius 2 is 2.00 bits per heavy atom. The predicted octanol–water partition coefficient (Wildman–Crippen LogP) is 2.33. The third-order valence-electron chi connectivity index (χ3n) is 4.66. The number of nitrogens with one attached hydrogen (secondary N) is 2. The molecule has 3 atom stereocenters. The van der Waals surface area contributed by atoms with Gasteiger partial charge in [-0.3, -0.25) is 5.32 Å². The van der Waals surface area contributed by atoms with E-state index in [2.05, 4.69) is 55.7 Å². The van der Waals surface area contributed by atoms with Gasteiger partial charge in [0.15, 0.2) is 0 Å². The summed E-state index contributed by atoms with van der Waals surface area (Å²) in [5.41, 5.74) is 2.99. The summed E-state index contributed by atoms with van der Waals surface area (Å²) in [7, 11) is 0. The van der Waals surface area contributed by atoms with Gasteiger partial charge in [-0.15, -0.1) is 0 Å². The maximum atomic E-state index is 3.63. The molecule has 2 heteroatoms. The van der Waals surface area contributed by atoms with Gasteiger partial charge in [0.1, 0.15) is 0 Å². The number of benzene rings is 1. The zero-order chi connectivity index (χ0) is 10.7. The van der Waals surface area contributed by atoms with Crippen LogP contribution in [0, 0.1) is 5.92 Å². The summed E-state index contributed by atoms with van der Waals surface area (Å²) < 4.78 is 0. The van der Waals surface area contributed by atoms with E-state index in [9.17, 15) is 0 Å². The minimum Gasteiger partial charge on any atom is -0.366 e. The molecule has 0 amide bonds. The number of hydrogen-bond donors (Lipinski definition) is 2. The molecular weight excluding hydrogens is 184 g/mol. The fraction of sp³-hybridized carbons (Fsp3) is 0.538. The van der Waals surface area contributed by atoms with Crippen molar-refractivity contribution >= 4 is 5.69 Å². The second-order valence-corrected chi connectivity index (χ2v) is 5.28. The standard InChI is InChI=1S/C13H18N2/c1-9-8-14-13(3)12(9,2)10-6-4-5-7-11(10)15-13/h4-7,9,14-15H,8H2,1-3H3. The molecule has 2 heterocycles. The van der Waals surface area contributed by atoms with Gasteiger partial charge in [-0.2, -0.15) is 0 Å². The fourth-order valence-corrected chi connectivity index (χ4v) is 3.26. The Balaban J connectivity index is 2.23. The van der Waals surface area contributed by atoms with Crippen molar-refractivity contribution in [3.8, 4) is 0 Å². The van der Waals surface area contributed by atoms with E-state index >= 15 is 0 Å². The Morgan fingerprint density at radius 1 is 1.27 bits per heavy atom. The van der Waals surface area contributed by atoms with E-state index in [0.29, 0.717) is 5.92 Å². The molecule has 0 aromatic heterocycles. The van der Waals surface area contributed by atoms with Crippen LogP contribution in [0.3, 0.4) is 0 Å². The molecule has 3 rings (SSSR count). The van der Waals surface area contributed by atoms with E-state index in [-0.39, 0.29) is 11.1 Å². The predicted molar refractivity (Wildman–Crippen MR) is 63.0 cm³/mol. The van der Waals surface area contributed by atoms with E-state index in [0.717, 1.165) is 6.54 Å². The van der Waals surface area contributed by atoms with Crippen molar-refractivity contribution in [2.75, 3.05) is 11.9 Å². The molecule has 2 aliphatic heterocycles. The number of rotatable bonds is 0. The van der Waals surface area contributed by atoms with Gasteiger partial charge >= 0.3 is 0 Å². The third kappa shape index (κ3) is 0.888. The minimum absolute atomic E-state index is 0.0239. The van der Waals surface area contributed by atoms with Gasteiger partial charge in [-0.05, 0) is 24.5 Å². The molecule has 1 saturated heterocycles. The highest BCUT2D eigenvalue weighted by Gasteiger charge is 2.58. The summed E-state index contributed by atoms with van der Waals surface area (Å²) in [4.78, 5) is 0. The van der Waals surface area contributed by atoms with Crippen LogP contribution in [0.1, 0.15) is 26.3 Å². The molecule has 0 spiro atoms. The van der Waals surface area contributed by atoms with Gasteiger partial charge in [0.2, 0.25) is 0 Å². The van der Waals surface area contributed by atoms with E-state index in [4.69, 9.17) is 0 Å². The maximum Gasteiger partial charge on any atom is 0.0952 e. The van der Waals surface area contributed by atoms with Crippen LogP contribution in [-0.2, 0) is 5.41 Å². The van der Waals surface area contributed by atoms with Gasteiger partial charge in [0.05, 0.1) is 5.66 Å². The molecule has 15 heavy (non-hydrogen) atoms. The summed E-state index contributed by atoms with van der Waals surface area (Å²) in [5.74, 6) is 0.665. The molecule has 80 valence electrons. The molecule has 1 aromatic rings. The summed E-state index contributed by atoms with van der Waals surface area (Å²) in [6.45, 7) is 8.07. The van der Waals surface area contributed by atoms with Crippen molar-refractivity contribution in [1.82, 2.24) is 5.32 Å². The van der Waals surface area contributed by atoms with Crippen molar-refractivity contribution in [3.63, 3.8) is 0 Å². The smallest absolute Gasteiger partial charge is 0.0952 e. The molecular formula is C13H18N2. The maximum absolute atomic E-state index is 3.63. The topological polar surface area (TPSA) is 24.1 Å². The quantitative estimate of drug-likeness (QED) is 0.674. The normalized spacial score (nSPS) is 42.2. The van der Waals surface area contributed by atoms with Crippen LogP contribution in [0.15, 0.2) is 24.3 Å². The highest BCUT2D eigenvalue weighted by Crippen LogP contribution is 2.53. The number of para-hydroxylation sites is 1. The largest absolute Gasteiger partial charge is 0.366 e. The fourth-order valence-electron chi connectivity index (χ4n) is 3.26. The van der Waals surface area contributed by atoms with Crippen molar-refractivity contribution in [1.29, 1.82) is 0 Å². The lowest BCUT2D eigenvalue weighted by molar-refractivity contribution is 0.284. The second kappa shape index (κ2) is 2.56. The van der Waals surface area contributed by atoms with Gasteiger partial charge in [-0.1, -0.05) is 32.0 Å². The van der Waals surface area contributed by atoms with Crippen molar-refractivity contribution in [2.24, 2.45) is 5.92 Å². The molecule has 0 radical (unpaired) electrons. The van der Waals surface area contributed by atoms with Gasteiger partial charge in [0, 0.05) is 17.6 Å². The Kier molecular flexibility index (Phi) is 1.57. The van der Waals surface area contributed by atoms with Crippen LogP contribution in [-0.4, -0.2) is 12.2 Å². The van der Waals surface area contributed by atoms with Crippen LogP contribution in [0.2, 0.25) is 0 Å². The van der Waals surface area contributed by atoms with Gasteiger partial charge in [-0.25, -0.2) is 0 Å². The van der Waals surface area contributed by atoms with E-state index < -0.39 is 0 Å². The first-order chi connectivity index (χ1) is 7.08. The molecule has 0 bridgehead atoms. The van der Waals surface area contributed by atoms with Gasteiger partial charge in [0.25, 0.3) is 0 Å². The molecule has 0 aliphatic carbocycles. The first-order valence-electron chi connectivity index (χ1n) is 5.71. The number of hydrogen-bond acceptors (Lipinski definition) is 2. The Bertz CT molecular complexity index is 415. The lowest BCUT2D eigenvalue weighted by Gasteiger charge is -2.37. The minimum atomic E-state index is 0.0239. The third-order valence-corrected chi connectivity index (χ3v) is 4.66. The molecule has 2 aliphatic rings. The Labute approximate surface area is 91.1 Å².